The van der Waals surface area contributed by atoms with E-state index in [1.54, 1.807) is 4.68 Å². The predicted octanol–water partition coefficient (Wildman–Crippen LogP) is 4.05. The maximum Gasteiger partial charge on any atom is 0.272 e. The van der Waals surface area contributed by atoms with Gasteiger partial charge in [-0.2, -0.15) is 5.10 Å². The highest BCUT2D eigenvalue weighted by atomic mass is 16.3. The van der Waals surface area contributed by atoms with E-state index >= 15 is 0 Å². The first-order valence-electron chi connectivity index (χ1n) is 10.0. The first kappa shape index (κ1) is 19.6. The summed E-state index contributed by atoms with van der Waals surface area (Å²) in [7, 11) is 1.83. The number of benzene rings is 1. The van der Waals surface area contributed by atoms with E-state index in [2.05, 4.69) is 18.9 Å². The van der Waals surface area contributed by atoms with Crippen molar-refractivity contribution in [2.45, 2.75) is 64.0 Å². The van der Waals surface area contributed by atoms with Gasteiger partial charge in [0.1, 0.15) is 5.69 Å². The molecule has 1 amide bonds. The molecule has 0 saturated heterocycles. The van der Waals surface area contributed by atoms with Crippen LogP contribution in [0.1, 0.15) is 79.7 Å². The monoisotopic (exact) mass is 369 g/mol. The average molecular weight is 370 g/mol. The molecule has 0 radical (unpaired) electrons. The van der Waals surface area contributed by atoms with Crippen LogP contribution in [0.2, 0.25) is 0 Å². The largest absolute Gasteiger partial charge is 0.387 e. The summed E-state index contributed by atoms with van der Waals surface area (Å²) in [5.74, 6) is 0.245. The van der Waals surface area contributed by atoms with Crippen molar-refractivity contribution in [3.8, 4) is 0 Å². The lowest BCUT2D eigenvalue weighted by molar-refractivity contribution is 0.0444. The molecule has 5 heteroatoms. The standard InChI is InChI=1S/C22H31N3O2/c1-16(2)19-14-20(24(3)23-19)22(27)25(18-12-8-5-9-13-18)15-21(26)17-10-6-4-7-11-17/h4,6-7,10-11,14,16,18,21,26H,5,8-9,12-13,15H2,1-3H3. The van der Waals surface area contributed by atoms with Gasteiger partial charge in [0.2, 0.25) is 0 Å². The second-order valence-corrected chi connectivity index (χ2v) is 7.91. The van der Waals surface area contributed by atoms with Gasteiger partial charge in [-0.05, 0) is 30.4 Å². The topological polar surface area (TPSA) is 58.4 Å². The molecule has 146 valence electrons. The Morgan fingerprint density at radius 2 is 1.89 bits per heavy atom. The minimum absolute atomic E-state index is 0.0289. The van der Waals surface area contributed by atoms with Crippen molar-refractivity contribution < 1.29 is 9.90 Å². The van der Waals surface area contributed by atoms with Crippen LogP contribution in [0.15, 0.2) is 36.4 Å². The third-order valence-corrected chi connectivity index (χ3v) is 5.54. The lowest BCUT2D eigenvalue weighted by Gasteiger charge is -2.35. The number of rotatable bonds is 6. The first-order chi connectivity index (χ1) is 13.0. The maximum absolute atomic E-state index is 13.4. The Bertz CT molecular complexity index is 748. The molecule has 27 heavy (non-hydrogen) atoms. The van der Waals surface area contributed by atoms with E-state index in [1.807, 2.05) is 48.3 Å². The number of hydrogen-bond acceptors (Lipinski definition) is 3. The summed E-state index contributed by atoms with van der Waals surface area (Å²) in [6.07, 6.45) is 4.82. The highest BCUT2D eigenvalue weighted by molar-refractivity contribution is 5.93. The fraction of sp³-hybridized carbons (Fsp3) is 0.545. The van der Waals surface area contributed by atoms with Crippen LogP contribution in [0.4, 0.5) is 0 Å². The van der Waals surface area contributed by atoms with Crippen molar-refractivity contribution in [3.05, 3.63) is 53.3 Å². The van der Waals surface area contributed by atoms with Crippen LogP contribution in [0, 0.1) is 0 Å². The third kappa shape index (κ3) is 4.59. The van der Waals surface area contributed by atoms with Crippen LogP contribution in [-0.2, 0) is 7.05 Å². The molecule has 1 heterocycles. The van der Waals surface area contributed by atoms with E-state index in [1.165, 1.54) is 6.42 Å². The quantitative estimate of drug-likeness (QED) is 0.836. The van der Waals surface area contributed by atoms with E-state index in [-0.39, 0.29) is 17.9 Å². The summed E-state index contributed by atoms with van der Waals surface area (Å²) in [5, 5.41) is 15.3. The minimum Gasteiger partial charge on any atom is -0.387 e. The lowest BCUT2D eigenvalue weighted by atomic mass is 9.93. The van der Waals surface area contributed by atoms with E-state index < -0.39 is 6.10 Å². The zero-order valence-corrected chi connectivity index (χ0v) is 16.6. The zero-order chi connectivity index (χ0) is 19.4. The molecule has 1 atom stereocenters. The van der Waals surface area contributed by atoms with Crippen LogP contribution >= 0.6 is 0 Å². The highest BCUT2D eigenvalue weighted by Crippen LogP contribution is 2.27. The number of carbonyl (C=O) groups excluding carboxylic acids is 1. The minimum atomic E-state index is -0.685. The van der Waals surface area contributed by atoms with Gasteiger partial charge < -0.3 is 10.0 Å². The Kier molecular flexibility index (Phi) is 6.32. The fourth-order valence-electron chi connectivity index (χ4n) is 3.88. The molecular formula is C22H31N3O2. The number of aliphatic hydroxyl groups is 1. The van der Waals surface area contributed by atoms with E-state index in [9.17, 15) is 9.90 Å². The zero-order valence-electron chi connectivity index (χ0n) is 16.6. The van der Waals surface area contributed by atoms with Gasteiger partial charge in [-0.25, -0.2) is 0 Å². The van der Waals surface area contributed by atoms with Crippen LogP contribution in [0.25, 0.3) is 0 Å². The van der Waals surface area contributed by atoms with Gasteiger partial charge in [0.25, 0.3) is 5.91 Å². The molecule has 0 bridgehead atoms. The molecule has 0 spiro atoms. The maximum atomic E-state index is 13.4. The Balaban J connectivity index is 1.86. The van der Waals surface area contributed by atoms with Gasteiger partial charge in [-0.3, -0.25) is 9.48 Å². The Morgan fingerprint density at radius 1 is 1.22 bits per heavy atom. The van der Waals surface area contributed by atoms with Crippen LogP contribution < -0.4 is 0 Å². The molecule has 1 aliphatic rings. The molecule has 1 fully saturated rings. The fourth-order valence-corrected chi connectivity index (χ4v) is 3.88. The number of carbonyl (C=O) groups is 1. The van der Waals surface area contributed by atoms with Gasteiger partial charge in [-0.15, -0.1) is 0 Å². The number of hydrogen-bond donors (Lipinski definition) is 1. The second-order valence-electron chi connectivity index (χ2n) is 7.91. The molecule has 1 saturated carbocycles. The van der Waals surface area contributed by atoms with Crippen molar-refractivity contribution in [3.63, 3.8) is 0 Å². The molecule has 0 aliphatic heterocycles. The normalized spacial score (nSPS) is 16.5. The molecule has 1 aromatic heterocycles. The Hall–Kier alpha value is -2.14. The summed E-state index contributed by atoms with van der Waals surface area (Å²) in [5.41, 5.74) is 2.37. The Morgan fingerprint density at radius 3 is 2.48 bits per heavy atom. The predicted molar refractivity (Wildman–Crippen MR) is 107 cm³/mol. The molecule has 1 unspecified atom stereocenters. The second kappa shape index (κ2) is 8.70. The van der Waals surface area contributed by atoms with Crippen LogP contribution in [-0.4, -0.2) is 38.3 Å². The molecular weight excluding hydrogens is 338 g/mol. The molecule has 1 aromatic carbocycles. The molecule has 1 N–H and O–H groups in total. The molecule has 2 aromatic rings. The van der Waals surface area contributed by atoms with E-state index in [0.717, 1.165) is 36.9 Å². The number of nitrogens with zero attached hydrogens (tertiary/aromatic N) is 3. The van der Waals surface area contributed by atoms with Crippen molar-refractivity contribution >= 4 is 5.91 Å². The van der Waals surface area contributed by atoms with E-state index in [0.29, 0.717) is 12.2 Å². The van der Waals surface area contributed by atoms with Crippen molar-refractivity contribution in [2.75, 3.05) is 6.54 Å². The third-order valence-electron chi connectivity index (χ3n) is 5.54. The SMILES string of the molecule is CC(C)c1cc(C(=O)N(CC(O)c2ccccc2)C2CCCCC2)n(C)n1. The lowest BCUT2D eigenvalue weighted by Crippen LogP contribution is -2.44. The van der Waals surface area contributed by atoms with Gasteiger partial charge >= 0.3 is 0 Å². The van der Waals surface area contributed by atoms with E-state index in [4.69, 9.17) is 0 Å². The molecule has 1 aliphatic carbocycles. The van der Waals surface area contributed by atoms with Crippen molar-refractivity contribution in [1.82, 2.24) is 14.7 Å². The van der Waals surface area contributed by atoms with Gasteiger partial charge in [0.05, 0.1) is 18.3 Å². The highest BCUT2D eigenvalue weighted by Gasteiger charge is 2.30. The van der Waals surface area contributed by atoms with Crippen LogP contribution in [0.3, 0.4) is 0 Å². The van der Waals surface area contributed by atoms with Crippen molar-refractivity contribution in [1.29, 1.82) is 0 Å². The summed E-state index contributed by atoms with van der Waals surface area (Å²) >= 11 is 0. The summed E-state index contributed by atoms with van der Waals surface area (Å²) in [6, 6.07) is 11.7. The summed E-state index contributed by atoms with van der Waals surface area (Å²) in [6.45, 7) is 4.47. The summed E-state index contributed by atoms with van der Waals surface area (Å²) in [4.78, 5) is 15.3. The van der Waals surface area contributed by atoms with Crippen LogP contribution in [0.5, 0.6) is 0 Å². The Labute approximate surface area is 162 Å². The molecule has 3 rings (SSSR count). The number of amides is 1. The molecule has 5 nitrogen and oxygen atoms in total. The average Bonchev–Trinajstić information content (AvgIpc) is 3.09. The van der Waals surface area contributed by atoms with Gasteiger partial charge in [0.15, 0.2) is 0 Å². The van der Waals surface area contributed by atoms with Gasteiger partial charge in [0, 0.05) is 13.1 Å². The first-order valence-corrected chi connectivity index (χ1v) is 10.0. The summed E-state index contributed by atoms with van der Waals surface area (Å²) < 4.78 is 1.68. The van der Waals surface area contributed by atoms with Crippen molar-refractivity contribution in [2.24, 2.45) is 7.05 Å². The smallest absolute Gasteiger partial charge is 0.272 e. The number of aryl methyl sites for hydroxylation is 1. The number of aromatic nitrogens is 2. The number of aliphatic hydroxyl groups excluding tert-OH is 1. The van der Waals surface area contributed by atoms with Gasteiger partial charge in [-0.1, -0.05) is 63.4 Å².